The van der Waals surface area contributed by atoms with Gasteiger partial charge >= 0.3 is 0 Å². The minimum Gasteiger partial charge on any atom is -0.497 e. The highest BCUT2D eigenvalue weighted by molar-refractivity contribution is 5.42. The van der Waals surface area contributed by atoms with E-state index in [9.17, 15) is 13.9 Å². The van der Waals surface area contributed by atoms with Gasteiger partial charge in [0.1, 0.15) is 18.1 Å². The number of aliphatic hydroxyl groups excluding tert-OH is 1. The van der Waals surface area contributed by atoms with Crippen molar-refractivity contribution in [2.75, 3.05) is 7.11 Å². The van der Waals surface area contributed by atoms with Crippen molar-refractivity contribution in [2.45, 2.75) is 19.6 Å². The summed E-state index contributed by atoms with van der Waals surface area (Å²) in [4.78, 5) is 0. The van der Waals surface area contributed by atoms with Crippen molar-refractivity contribution in [3.63, 3.8) is 0 Å². The first-order chi connectivity index (χ1) is 10.0. The Hall–Kier alpha value is -2.14. The lowest BCUT2D eigenvalue weighted by Crippen LogP contribution is -2.02. The number of rotatable bonds is 5. The van der Waals surface area contributed by atoms with E-state index < -0.39 is 17.7 Å². The third-order valence-electron chi connectivity index (χ3n) is 3.05. The summed E-state index contributed by atoms with van der Waals surface area (Å²) >= 11 is 0. The van der Waals surface area contributed by atoms with Crippen molar-refractivity contribution in [1.82, 2.24) is 0 Å². The van der Waals surface area contributed by atoms with Crippen molar-refractivity contribution in [3.8, 4) is 11.5 Å². The molecule has 1 unspecified atom stereocenters. The van der Waals surface area contributed by atoms with Crippen LogP contribution in [0.1, 0.15) is 24.2 Å². The summed E-state index contributed by atoms with van der Waals surface area (Å²) in [6, 6.07) is 8.63. The van der Waals surface area contributed by atoms with E-state index in [1.54, 1.807) is 25.1 Å². The molecule has 0 bridgehead atoms. The second kappa shape index (κ2) is 6.54. The van der Waals surface area contributed by atoms with Gasteiger partial charge in [-0.2, -0.15) is 0 Å². The van der Waals surface area contributed by atoms with Gasteiger partial charge in [0.15, 0.2) is 11.6 Å². The quantitative estimate of drug-likeness (QED) is 0.915. The Morgan fingerprint density at radius 1 is 1.10 bits per heavy atom. The lowest BCUT2D eigenvalue weighted by molar-refractivity contribution is 0.189. The van der Waals surface area contributed by atoms with Crippen molar-refractivity contribution >= 4 is 0 Å². The standard InChI is InChI=1S/C16H16F2O3/c1-10(19)13-5-4-12(20-2)8-16(13)21-9-11-3-6-14(17)15(18)7-11/h3-8,10,19H,9H2,1-2H3. The summed E-state index contributed by atoms with van der Waals surface area (Å²) in [7, 11) is 1.52. The average molecular weight is 294 g/mol. The van der Waals surface area contributed by atoms with E-state index in [2.05, 4.69) is 0 Å². The van der Waals surface area contributed by atoms with Gasteiger partial charge in [-0.25, -0.2) is 8.78 Å². The Kier molecular flexibility index (Phi) is 4.75. The summed E-state index contributed by atoms with van der Waals surface area (Å²) in [6.07, 6.45) is -0.712. The number of benzene rings is 2. The third kappa shape index (κ3) is 3.70. The van der Waals surface area contributed by atoms with Crippen LogP contribution in [0.5, 0.6) is 11.5 Å². The van der Waals surface area contributed by atoms with E-state index in [1.165, 1.54) is 13.2 Å². The molecule has 0 heterocycles. The van der Waals surface area contributed by atoms with E-state index in [0.717, 1.165) is 12.1 Å². The Bertz CT molecular complexity index is 627. The van der Waals surface area contributed by atoms with Gasteiger partial charge in [-0.15, -0.1) is 0 Å². The maximum absolute atomic E-state index is 13.1. The van der Waals surface area contributed by atoms with Crippen LogP contribution in [0.15, 0.2) is 36.4 Å². The van der Waals surface area contributed by atoms with Gasteiger partial charge in [0.05, 0.1) is 13.2 Å². The smallest absolute Gasteiger partial charge is 0.159 e. The fourth-order valence-corrected chi connectivity index (χ4v) is 1.90. The lowest BCUT2D eigenvalue weighted by atomic mass is 10.1. The van der Waals surface area contributed by atoms with Crippen LogP contribution in [0.2, 0.25) is 0 Å². The number of halogens is 2. The molecule has 0 radical (unpaired) electrons. The molecule has 0 aliphatic carbocycles. The molecule has 0 amide bonds. The van der Waals surface area contributed by atoms with Crippen molar-refractivity contribution in [1.29, 1.82) is 0 Å². The van der Waals surface area contributed by atoms with Crippen LogP contribution in [-0.2, 0) is 6.61 Å². The largest absolute Gasteiger partial charge is 0.497 e. The predicted octanol–water partition coefficient (Wildman–Crippen LogP) is 3.61. The zero-order valence-corrected chi connectivity index (χ0v) is 11.8. The van der Waals surface area contributed by atoms with Crippen LogP contribution in [0.25, 0.3) is 0 Å². The normalized spacial score (nSPS) is 12.0. The monoisotopic (exact) mass is 294 g/mol. The first kappa shape index (κ1) is 15.3. The summed E-state index contributed by atoms with van der Waals surface area (Å²) in [6.45, 7) is 1.68. The number of aliphatic hydroxyl groups is 1. The first-order valence-corrected chi connectivity index (χ1v) is 6.44. The van der Waals surface area contributed by atoms with E-state index in [-0.39, 0.29) is 6.61 Å². The molecule has 21 heavy (non-hydrogen) atoms. The van der Waals surface area contributed by atoms with Gasteiger partial charge in [0.25, 0.3) is 0 Å². The molecule has 5 heteroatoms. The highest BCUT2D eigenvalue weighted by Gasteiger charge is 2.11. The molecule has 0 spiro atoms. The van der Waals surface area contributed by atoms with Gasteiger partial charge in [-0.3, -0.25) is 0 Å². The predicted molar refractivity (Wildman–Crippen MR) is 74.3 cm³/mol. The van der Waals surface area contributed by atoms with Crippen LogP contribution >= 0.6 is 0 Å². The SMILES string of the molecule is COc1ccc(C(C)O)c(OCc2ccc(F)c(F)c2)c1. The fraction of sp³-hybridized carbons (Fsp3) is 0.250. The number of ether oxygens (including phenoxy) is 2. The Morgan fingerprint density at radius 2 is 1.86 bits per heavy atom. The first-order valence-electron chi connectivity index (χ1n) is 6.44. The molecular formula is C16H16F2O3. The molecule has 1 N–H and O–H groups in total. The molecule has 2 aromatic carbocycles. The number of hydrogen-bond donors (Lipinski definition) is 1. The second-order valence-corrected chi connectivity index (χ2v) is 4.62. The van der Waals surface area contributed by atoms with Crippen LogP contribution in [0.3, 0.4) is 0 Å². The zero-order chi connectivity index (χ0) is 15.4. The molecule has 112 valence electrons. The molecular weight excluding hydrogens is 278 g/mol. The fourth-order valence-electron chi connectivity index (χ4n) is 1.90. The minimum absolute atomic E-state index is 0.0596. The van der Waals surface area contributed by atoms with E-state index in [4.69, 9.17) is 9.47 Å². The molecule has 1 atom stereocenters. The summed E-state index contributed by atoms with van der Waals surface area (Å²) in [5, 5.41) is 9.72. The highest BCUT2D eigenvalue weighted by atomic mass is 19.2. The molecule has 3 nitrogen and oxygen atoms in total. The van der Waals surface area contributed by atoms with Gasteiger partial charge in [-0.05, 0) is 36.8 Å². The van der Waals surface area contributed by atoms with Crippen molar-refractivity contribution < 1.29 is 23.4 Å². The average Bonchev–Trinajstić information content (AvgIpc) is 2.48. The Balaban J connectivity index is 2.19. The van der Waals surface area contributed by atoms with Gasteiger partial charge < -0.3 is 14.6 Å². The van der Waals surface area contributed by atoms with Crippen molar-refractivity contribution in [2.24, 2.45) is 0 Å². The summed E-state index contributed by atoms with van der Waals surface area (Å²) < 4.78 is 36.7. The molecule has 0 saturated heterocycles. The topological polar surface area (TPSA) is 38.7 Å². The van der Waals surface area contributed by atoms with Gasteiger partial charge in [0, 0.05) is 11.6 Å². The highest BCUT2D eigenvalue weighted by Crippen LogP contribution is 2.30. The maximum atomic E-state index is 13.1. The second-order valence-electron chi connectivity index (χ2n) is 4.62. The van der Waals surface area contributed by atoms with Gasteiger partial charge in [0.2, 0.25) is 0 Å². The molecule has 2 rings (SSSR count). The van der Waals surface area contributed by atoms with Crippen LogP contribution < -0.4 is 9.47 Å². The van der Waals surface area contributed by atoms with E-state index in [1.807, 2.05) is 0 Å². The molecule has 0 fully saturated rings. The lowest BCUT2D eigenvalue weighted by Gasteiger charge is -2.15. The molecule has 0 aromatic heterocycles. The van der Waals surface area contributed by atoms with Crippen LogP contribution in [0, 0.1) is 11.6 Å². The van der Waals surface area contributed by atoms with E-state index >= 15 is 0 Å². The maximum Gasteiger partial charge on any atom is 0.159 e. The third-order valence-corrected chi connectivity index (χ3v) is 3.05. The van der Waals surface area contributed by atoms with Crippen LogP contribution in [-0.4, -0.2) is 12.2 Å². The molecule has 0 saturated carbocycles. The molecule has 2 aromatic rings. The minimum atomic E-state index is -0.919. The zero-order valence-electron chi connectivity index (χ0n) is 11.8. The summed E-state index contributed by atoms with van der Waals surface area (Å²) in [5.74, 6) is -0.795. The molecule has 0 aliphatic rings. The Labute approximate surface area is 121 Å². The van der Waals surface area contributed by atoms with Gasteiger partial charge in [-0.1, -0.05) is 6.07 Å². The summed E-state index contributed by atoms with van der Waals surface area (Å²) in [5.41, 5.74) is 1.09. The van der Waals surface area contributed by atoms with Crippen molar-refractivity contribution in [3.05, 3.63) is 59.2 Å². The van der Waals surface area contributed by atoms with Crippen LogP contribution in [0.4, 0.5) is 8.78 Å². The molecule has 0 aliphatic heterocycles. The Morgan fingerprint density at radius 3 is 2.48 bits per heavy atom. The number of methoxy groups -OCH3 is 1. The van der Waals surface area contributed by atoms with E-state index in [0.29, 0.717) is 22.6 Å². The number of hydrogen-bond acceptors (Lipinski definition) is 3.